The van der Waals surface area contributed by atoms with Gasteiger partial charge in [0.15, 0.2) is 5.43 Å². The van der Waals surface area contributed by atoms with Gasteiger partial charge in [0.05, 0.1) is 17.8 Å². The molecule has 0 spiro atoms. The van der Waals surface area contributed by atoms with Gasteiger partial charge < -0.3 is 14.2 Å². The van der Waals surface area contributed by atoms with Crippen LogP contribution in [0, 0.1) is 0 Å². The molecular formula is C24H28N2O2. The Hall–Kier alpha value is -2.59. The van der Waals surface area contributed by atoms with Gasteiger partial charge in [0, 0.05) is 25.0 Å². The lowest BCUT2D eigenvalue weighted by Gasteiger charge is -2.26. The second-order valence-corrected chi connectivity index (χ2v) is 7.60. The second kappa shape index (κ2) is 8.61. The minimum absolute atomic E-state index is 0.0572. The highest BCUT2D eigenvalue weighted by Gasteiger charge is 2.10. The number of fused-ring (bicyclic) bond motifs is 1. The van der Waals surface area contributed by atoms with Crippen molar-refractivity contribution in [1.82, 2.24) is 9.47 Å². The average Bonchev–Trinajstić information content (AvgIpc) is 2.75. The lowest BCUT2D eigenvalue weighted by Crippen LogP contribution is -2.31. The van der Waals surface area contributed by atoms with E-state index in [1.54, 1.807) is 6.07 Å². The molecule has 1 saturated heterocycles. The summed E-state index contributed by atoms with van der Waals surface area (Å²) in [5.41, 5.74) is 2.94. The van der Waals surface area contributed by atoms with E-state index in [0.717, 1.165) is 47.5 Å². The van der Waals surface area contributed by atoms with E-state index in [4.69, 9.17) is 4.74 Å². The highest BCUT2D eigenvalue weighted by atomic mass is 16.5. The number of aromatic nitrogens is 1. The van der Waals surface area contributed by atoms with Crippen molar-refractivity contribution in [3.63, 3.8) is 0 Å². The summed E-state index contributed by atoms with van der Waals surface area (Å²) >= 11 is 0. The van der Waals surface area contributed by atoms with Gasteiger partial charge in [-0.25, -0.2) is 0 Å². The van der Waals surface area contributed by atoms with E-state index in [0.29, 0.717) is 0 Å². The first-order valence-corrected chi connectivity index (χ1v) is 10.3. The molecule has 2 heterocycles. The number of nitrogens with zero attached hydrogens (tertiary/aromatic N) is 2. The molecule has 0 aliphatic carbocycles. The molecular weight excluding hydrogens is 348 g/mol. The Morgan fingerprint density at radius 1 is 0.964 bits per heavy atom. The lowest BCUT2D eigenvalue weighted by molar-refractivity contribution is 0.205. The number of hydrogen-bond donors (Lipinski definition) is 0. The Morgan fingerprint density at radius 2 is 1.71 bits per heavy atom. The predicted octanol–water partition coefficient (Wildman–Crippen LogP) is 4.46. The van der Waals surface area contributed by atoms with Crippen LogP contribution in [-0.2, 0) is 7.05 Å². The van der Waals surface area contributed by atoms with Gasteiger partial charge >= 0.3 is 0 Å². The highest BCUT2D eigenvalue weighted by Crippen LogP contribution is 2.24. The lowest BCUT2D eigenvalue weighted by atomic mass is 10.1. The highest BCUT2D eigenvalue weighted by molar-refractivity contribution is 5.82. The minimum Gasteiger partial charge on any atom is -0.494 e. The molecule has 28 heavy (non-hydrogen) atoms. The van der Waals surface area contributed by atoms with Crippen LogP contribution in [-0.4, -0.2) is 35.7 Å². The van der Waals surface area contributed by atoms with Crippen LogP contribution in [0.2, 0.25) is 0 Å². The average molecular weight is 376 g/mol. The molecule has 4 nitrogen and oxygen atoms in total. The maximum atomic E-state index is 12.5. The van der Waals surface area contributed by atoms with Crippen LogP contribution in [0.25, 0.3) is 22.2 Å². The summed E-state index contributed by atoms with van der Waals surface area (Å²) in [6.45, 7) is 4.33. The Morgan fingerprint density at radius 3 is 2.50 bits per heavy atom. The van der Waals surface area contributed by atoms with Crippen molar-refractivity contribution in [1.29, 1.82) is 0 Å². The fraction of sp³-hybridized carbons (Fsp3) is 0.375. The molecule has 2 aromatic carbocycles. The fourth-order valence-electron chi connectivity index (χ4n) is 4.06. The zero-order valence-corrected chi connectivity index (χ0v) is 16.6. The molecule has 1 fully saturated rings. The zero-order valence-electron chi connectivity index (χ0n) is 16.6. The molecule has 0 radical (unpaired) electrons. The third kappa shape index (κ3) is 4.12. The molecule has 0 bridgehead atoms. The number of rotatable bonds is 6. The normalized spacial score (nSPS) is 15.0. The molecule has 3 aromatic rings. The molecule has 146 valence electrons. The number of aryl methyl sites for hydroxylation is 1. The molecule has 4 heteroatoms. The Bertz CT molecular complexity index is 986. The van der Waals surface area contributed by atoms with Crippen molar-refractivity contribution < 1.29 is 4.74 Å². The van der Waals surface area contributed by atoms with Gasteiger partial charge in [-0.3, -0.25) is 4.79 Å². The molecule has 1 aromatic heterocycles. The quantitative estimate of drug-likeness (QED) is 0.596. The molecule has 0 amide bonds. The number of pyridine rings is 1. The van der Waals surface area contributed by atoms with E-state index in [1.165, 1.54) is 32.4 Å². The standard InChI is InChI=1S/C24H28N2O2/c1-25-22-9-4-3-8-21(22)24(27)18-23(25)19-10-12-20(13-11-19)28-17-7-16-26-14-5-2-6-15-26/h3-4,8-13,18H,2,5-7,14-17H2,1H3. The van der Waals surface area contributed by atoms with E-state index < -0.39 is 0 Å². The van der Waals surface area contributed by atoms with Crippen molar-refractivity contribution in [3.8, 4) is 17.0 Å². The van der Waals surface area contributed by atoms with Gasteiger partial charge in [-0.1, -0.05) is 18.6 Å². The maximum absolute atomic E-state index is 12.5. The summed E-state index contributed by atoms with van der Waals surface area (Å²) < 4.78 is 7.99. The number of hydrogen-bond acceptors (Lipinski definition) is 3. The Kier molecular flexibility index (Phi) is 5.77. The van der Waals surface area contributed by atoms with E-state index >= 15 is 0 Å². The first-order chi connectivity index (χ1) is 13.7. The van der Waals surface area contributed by atoms with Crippen molar-refractivity contribution in [2.75, 3.05) is 26.2 Å². The van der Waals surface area contributed by atoms with Crippen LogP contribution in [0.5, 0.6) is 5.75 Å². The topological polar surface area (TPSA) is 34.5 Å². The molecule has 0 unspecified atom stereocenters. The van der Waals surface area contributed by atoms with Crippen molar-refractivity contribution in [2.45, 2.75) is 25.7 Å². The SMILES string of the molecule is Cn1c(-c2ccc(OCCCN3CCCCC3)cc2)cc(=O)c2ccccc21. The first-order valence-electron chi connectivity index (χ1n) is 10.3. The third-order valence-electron chi connectivity index (χ3n) is 5.65. The molecule has 1 aliphatic rings. The minimum atomic E-state index is 0.0572. The summed E-state index contributed by atoms with van der Waals surface area (Å²) in [6, 6.07) is 17.5. The van der Waals surface area contributed by atoms with Crippen LogP contribution in [0.15, 0.2) is 59.4 Å². The van der Waals surface area contributed by atoms with E-state index in [9.17, 15) is 4.79 Å². The van der Waals surface area contributed by atoms with Crippen molar-refractivity contribution in [2.24, 2.45) is 7.05 Å². The van der Waals surface area contributed by atoms with Gasteiger partial charge in [-0.2, -0.15) is 0 Å². The van der Waals surface area contributed by atoms with Gasteiger partial charge in [-0.15, -0.1) is 0 Å². The second-order valence-electron chi connectivity index (χ2n) is 7.60. The number of ether oxygens (including phenoxy) is 1. The van der Waals surface area contributed by atoms with Crippen LogP contribution in [0.4, 0.5) is 0 Å². The summed E-state index contributed by atoms with van der Waals surface area (Å²) in [6.07, 6.45) is 5.10. The predicted molar refractivity (Wildman–Crippen MR) is 115 cm³/mol. The van der Waals surface area contributed by atoms with Crippen LogP contribution in [0.1, 0.15) is 25.7 Å². The summed E-state index contributed by atoms with van der Waals surface area (Å²) in [5, 5.41) is 0.752. The molecule has 0 atom stereocenters. The van der Waals surface area contributed by atoms with Crippen molar-refractivity contribution >= 4 is 10.9 Å². The Labute approximate surface area is 166 Å². The number of likely N-dealkylation sites (tertiary alicyclic amines) is 1. The van der Waals surface area contributed by atoms with Crippen LogP contribution in [0.3, 0.4) is 0 Å². The van der Waals surface area contributed by atoms with E-state index in [2.05, 4.69) is 9.47 Å². The van der Waals surface area contributed by atoms with Crippen LogP contribution >= 0.6 is 0 Å². The Balaban J connectivity index is 1.41. The van der Waals surface area contributed by atoms with Crippen LogP contribution < -0.4 is 10.2 Å². The van der Waals surface area contributed by atoms with Gasteiger partial charge in [0.2, 0.25) is 0 Å². The number of piperidine rings is 1. The molecule has 0 saturated carbocycles. The summed E-state index contributed by atoms with van der Waals surface area (Å²) in [4.78, 5) is 15.0. The van der Waals surface area contributed by atoms with Gasteiger partial charge in [0.25, 0.3) is 0 Å². The smallest absolute Gasteiger partial charge is 0.190 e. The van der Waals surface area contributed by atoms with Crippen molar-refractivity contribution in [3.05, 3.63) is 64.8 Å². The fourth-order valence-corrected chi connectivity index (χ4v) is 4.06. The number of benzene rings is 2. The molecule has 1 aliphatic heterocycles. The monoisotopic (exact) mass is 376 g/mol. The van der Waals surface area contributed by atoms with Gasteiger partial charge in [-0.05, 0) is 74.3 Å². The maximum Gasteiger partial charge on any atom is 0.190 e. The zero-order chi connectivity index (χ0) is 19.3. The summed E-state index contributed by atoms with van der Waals surface area (Å²) in [5.74, 6) is 0.883. The number of para-hydroxylation sites is 1. The molecule has 4 rings (SSSR count). The van der Waals surface area contributed by atoms with E-state index in [1.807, 2.05) is 55.6 Å². The largest absolute Gasteiger partial charge is 0.494 e. The van der Waals surface area contributed by atoms with Gasteiger partial charge in [0.1, 0.15) is 5.75 Å². The third-order valence-corrected chi connectivity index (χ3v) is 5.65. The molecule has 0 N–H and O–H groups in total. The van der Waals surface area contributed by atoms with E-state index in [-0.39, 0.29) is 5.43 Å². The first kappa shape index (κ1) is 18.8. The summed E-state index contributed by atoms with van der Waals surface area (Å²) in [7, 11) is 2.00.